The van der Waals surface area contributed by atoms with Gasteiger partial charge in [0.2, 0.25) is 5.78 Å². The van der Waals surface area contributed by atoms with Crippen molar-refractivity contribution < 1.29 is 18.3 Å². The van der Waals surface area contributed by atoms with E-state index in [0.29, 0.717) is 5.56 Å². The molecule has 0 spiro atoms. The second-order valence-corrected chi connectivity index (χ2v) is 6.17. The van der Waals surface area contributed by atoms with Gasteiger partial charge in [-0.2, -0.15) is 0 Å². The van der Waals surface area contributed by atoms with Crippen LogP contribution >= 0.6 is 0 Å². The fourth-order valence-corrected chi connectivity index (χ4v) is 3.43. The van der Waals surface area contributed by atoms with Crippen LogP contribution in [0.15, 0.2) is 65.2 Å². The Kier molecular flexibility index (Phi) is 3.03. The molecule has 3 rings (SSSR count). The zero-order chi connectivity index (χ0) is 15.0. The number of hydrogen-bond donors (Lipinski definition) is 2. The first kappa shape index (κ1) is 13.4. The molecule has 1 aliphatic heterocycles. The average molecular weight is 301 g/mol. The van der Waals surface area contributed by atoms with Gasteiger partial charge in [-0.3, -0.25) is 9.52 Å². The van der Waals surface area contributed by atoms with Gasteiger partial charge in [-0.1, -0.05) is 42.5 Å². The van der Waals surface area contributed by atoms with Crippen LogP contribution in [0.3, 0.4) is 0 Å². The summed E-state index contributed by atoms with van der Waals surface area (Å²) in [6, 6.07) is 14.2. The Labute approximate surface area is 121 Å². The number of fused-ring (bicyclic) bond motifs is 1. The van der Waals surface area contributed by atoms with Crippen LogP contribution in [-0.2, 0) is 10.0 Å². The number of aliphatic hydroxyl groups excluding tert-OH is 1. The Morgan fingerprint density at radius 1 is 0.952 bits per heavy atom. The van der Waals surface area contributed by atoms with Gasteiger partial charge in [-0.05, 0) is 12.1 Å². The van der Waals surface area contributed by atoms with Crippen LogP contribution in [0.1, 0.15) is 15.9 Å². The van der Waals surface area contributed by atoms with Crippen molar-refractivity contribution in [2.24, 2.45) is 0 Å². The lowest BCUT2D eigenvalue weighted by molar-refractivity contribution is 0.102. The van der Waals surface area contributed by atoms with Crippen LogP contribution < -0.4 is 4.72 Å². The molecule has 2 aromatic carbocycles. The fraction of sp³-hybridized carbons (Fsp3) is 0. The summed E-state index contributed by atoms with van der Waals surface area (Å²) in [4.78, 5) is 12.3. The molecule has 0 atom stereocenters. The molecule has 0 fully saturated rings. The van der Waals surface area contributed by atoms with Crippen LogP contribution in [0.2, 0.25) is 0 Å². The van der Waals surface area contributed by atoms with Crippen molar-refractivity contribution in [1.29, 1.82) is 0 Å². The van der Waals surface area contributed by atoms with E-state index in [9.17, 15) is 18.3 Å². The van der Waals surface area contributed by atoms with Gasteiger partial charge in [0, 0.05) is 11.1 Å². The maximum atomic E-state index is 12.4. The SMILES string of the molecule is O=C1/C(=C(/O)c2ccccc2)NS(=O)(=O)c2ccccc21. The molecule has 1 heterocycles. The van der Waals surface area contributed by atoms with Crippen LogP contribution in [-0.4, -0.2) is 19.3 Å². The molecule has 0 saturated carbocycles. The summed E-state index contributed by atoms with van der Waals surface area (Å²) in [6.45, 7) is 0. The summed E-state index contributed by atoms with van der Waals surface area (Å²) in [5.41, 5.74) is 0.0802. The van der Waals surface area contributed by atoms with E-state index in [1.165, 1.54) is 18.2 Å². The van der Waals surface area contributed by atoms with Crippen LogP contribution in [0.25, 0.3) is 5.76 Å². The summed E-state index contributed by atoms with van der Waals surface area (Å²) in [5.74, 6) is -0.944. The third kappa shape index (κ3) is 2.19. The van der Waals surface area contributed by atoms with Crippen LogP contribution in [0.4, 0.5) is 0 Å². The minimum Gasteiger partial charge on any atom is -0.505 e. The molecule has 106 valence electrons. The van der Waals surface area contributed by atoms with Crippen molar-refractivity contribution >= 4 is 21.6 Å². The van der Waals surface area contributed by atoms with E-state index >= 15 is 0 Å². The van der Waals surface area contributed by atoms with Crippen LogP contribution in [0.5, 0.6) is 0 Å². The molecule has 6 heteroatoms. The van der Waals surface area contributed by atoms with Crippen molar-refractivity contribution in [1.82, 2.24) is 4.72 Å². The van der Waals surface area contributed by atoms with Gasteiger partial charge in [-0.25, -0.2) is 8.42 Å². The van der Waals surface area contributed by atoms with E-state index in [4.69, 9.17) is 0 Å². The molecular formula is C15H11NO4S. The van der Waals surface area contributed by atoms with E-state index in [1.807, 2.05) is 0 Å². The molecule has 21 heavy (non-hydrogen) atoms. The lowest BCUT2D eigenvalue weighted by atomic mass is 10.0. The van der Waals surface area contributed by atoms with Gasteiger partial charge >= 0.3 is 0 Å². The second-order valence-electron chi connectivity index (χ2n) is 4.52. The lowest BCUT2D eigenvalue weighted by Gasteiger charge is -2.20. The maximum absolute atomic E-state index is 12.4. The third-order valence-corrected chi connectivity index (χ3v) is 4.58. The first-order chi connectivity index (χ1) is 10.0. The van der Waals surface area contributed by atoms with Crippen molar-refractivity contribution in [2.75, 3.05) is 0 Å². The molecule has 5 nitrogen and oxygen atoms in total. The summed E-state index contributed by atoms with van der Waals surface area (Å²) >= 11 is 0. The van der Waals surface area contributed by atoms with E-state index in [-0.39, 0.29) is 16.2 Å². The quantitative estimate of drug-likeness (QED) is 0.624. The Balaban J connectivity index is 2.23. The summed E-state index contributed by atoms with van der Waals surface area (Å²) in [5, 5.41) is 10.2. The van der Waals surface area contributed by atoms with Crippen molar-refractivity contribution in [3.05, 3.63) is 71.4 Å². The number of aliphatic hydroxyl groups is 1. The van der Waals surface area contributed by atoms with Gasteiger partial charge in [0.1, 0.15) is 5.70 Å². The van der Waals surface area contributed by atoms with Gasteiger partial charge in [0.15, 0.2) is 5.76 Å². The van der Waals surface area contributed by atoms with E-state index in [2.05, 4.69) is 4.72 Å². The summed E-state index contributed by atoms with van der Waals surface area (Å²) in [6.07, 6.45) is 0. The highest BCUT2D eigenvalue weighted by Crippen LogP contribution is 2.27. The van der Waals surface area contributed by atoms with Crippen LogP contribution in [0, 0.1) is 0 Å². The first-order valence-corrected chi connectivity index (χ1v) is 7.64. The number of sulfonamides is 1. The molecule has 2 aromatic rings. The molecule has 0 saturated heterocycles. The lowest BCUT2D eigenvalue weighted by Crippen LogP contribution is -2.35. The van der Waals surface area contributed by atoms with Gasteiger partial charge in [-0.15, -0.1) is 0 Å². The maximum Gasteiger partial charge on any atom is 0.262 e. The Morgan fingerprint density at radius 2 is 1.57 bits per heavy atom. The number of allylic oxidation sites excluding steroid dienone is 1. The normalized spacial score (nSPS) is 18.6. The predicted octanol–water partition coefficient (Wildman–Crippen LogP) is 2.09. The highest BCUT2D eigenvalue weighted by Gasteiger charge is 2.34. The largest absolute Gasteiger partial charge is 0.505 e. The number of benzene rings is 2. The Morgan fingerprint density at radius 3 is 2.29 bits per heavy atom. The van der Waals surface area contributed by atoms with Crippen molar-refractivity contribution in [2.45, 2.75) is 4.90 Å². The van der Waals surface area contributed by atoms with Gasteiger partial charge in [0.25, 0.3) is 10.0 Å². The van der Waals surface area contributed by atoms with Crippen molar-refractivity contribution in [3.8, 4) is 0 Å². The molecule has 0 unspecified atom stereocenters. The smallest absolute Gasteiger partial charge is 0.262 e. The number of Topliss-reactive ketones (excluding diaryl/α,β-unsaturated/α-hetero) is 1. The average Bonchev–Trinajstić information content (AvgIpc) is 2.51. The molecular weight excluding hydrogens is 290 g/mol. The molecule has 0 radical (unpaired) electrons. The molecule has 0 aromatic heterocycles. The second kappa shape index (κ2) is 4.75. The summed E-state index contributed by atoms with van der Waals surface area (Å²) < 4.78 is 26.5. The highest BCUT2D eigenvalue weighted by molar-refractivity contribution is 7.90. The number of rotatable bonds is 1. The standard InChI is InChI=1S/C15H11NO4S/c17-14(10-6-2-1-3-7-10)13-15(18)11-8-4-5-9-12(11)21(19,20)16-13/h1-9,16-17H/b14-13-. The Bertz CT molecular complexity index is 854. The highest BCUT2D eigenvalue weighted by atomic mass is 32.2. The van der Waals surface area contributed by atoms with E-state index in [1.54, 1.807) is 36.4 Å². The molecule has 0 aliphatic carbocycles. The third-order valence-electron chi connectivity index (χ3n) is 3.17. The molecule has 0 bridgehead atoms. The topological polar surface area (TPSA) is 83.5 Å². The summed E-state index contributed by atoms with van der Waals surface area (Å²) in [7, 11) is -3.87. The number of carbonyl (C=O) groups is 1. The zero-order valence-corrected chi connectivity index (χ0v) is 11.6. The van der Waals surface area contributed by atoms with Crippen molar-refractivity contribution in [3.63, 3.8) is 0 Å². The Hall–Kier alpha value is -2.60. The van der Waals surface area contributed by atoms with Gasteiger partial charge < -0.3 is 5.11 Å². The molecule has 1 aliphatic rings. The predicted molar refractivity (Wildman–Crippen MR) is 77.1 cm³/mol. The number of ketones is 1. The first-order valence-electron chi connectivity index (χ1n) is 6.16. The monoisotopic (exact) mass is 301 g/mol. The van der Waals surface area contributed by atoms with E-state index in [0.717, 1.165) is 0 Å². The number of carbonyl (C=O) groups excluding carboxylic acids is 1. The molecule has 0 amide bonds. The molecule has 2 N–H and O–H groups in total. The number of hydrogen-bond acceptors (Lipinski definition) is 4. The van der Waals surface area contributed by atoms with E-state index < -0.39 is 21.6 Å². The zero-order valence-electron chi connectivity index (χ0n) is 10.8. The fourth-order valence-electron chi connectivity index (χ4n) is 2.16. The minimum absolute atomic E-state index is 0.0498. The minimum atomic E-state index is -3.87. The van der Waals surface area contributed by atoms with Gasteiger partial charge in [0.05, 0.1) is 4.90 Å². The number of nitrogens with one attached hydrogen (secondary N) is 1.